The van der Waals surface area contributed by atoms with E-state index in [0.29, 0.717) is 0 Å². The second-order valence-electron chi connectivity index (χ2n) is 5.98. The zero-order valence-electron chi connectivity index (χ0n) is 14.8. The molecule has 0 aromatic heterocycles. The molecule has 1 amide bonds. The van der Waals surface area contributed by atoms with Crippen LogP contribution in [0.3, 0.4) is 0 Å². The summed E-state index contributed by atoms with van der Waals surface area (Å²) in [5, 5.41) is 6.36. The summed E-state index contributed by atoms with van der Waals surface area (Å²) in [5.74, 6) is 0.798. The molecule has 0 aliphatic heterocycles. The molecule has 24 heavy (non-hydrogen) atoms. The van der Waals surface area contributed by atoms with Crippen LogP contribution in [0.2, 0.25) is 0 Å². The quantitative estimate of drug-likeness (QED) is 0.806. The Morgan fingerprint density at radius 1 is 1.17 bits per heavy atom. The Balaban J connectivity index is 1.99. The zero-order valence-corrected chi connectivity index (χ0v) is 14.8. The van der Waals surface area contributed by atoms with Crippen LogP contribution >= 0.6 is 0 Å². The van der Waals surface area contributed by atoms with Crippen molar-refractivity contribution in [2.24, 2.45) is 0 Å². The summed E-state index contributed by atoms with van der Waals surface area (Å²) in [4.78, 5) is 12.4. The second-order valence-corrected chi connectivity index (χ2v) is 5.98. The van der Waals surface area contributed by atoms with E-state index >= 15 is 0 Å². The van der Waals surface area contributed by atoms with Crippen molar-refractivity contribution in [1.82, 2.24) is 5.32 Å². The van der Waals surface area contributed by atoms with Gasteiger partial charge in [0.1, 0.15) is 5.75 Å². The monoisotopic (exact) mass is 326 g/mol. The number of amides is 1. The smallest absolute Gasteiger partial charge is 0.241 e. The lowest BCUT2D eigenvalue weighted by Crippen LogP contribution is -2.40. The van der Waals surface area contributed by atoms with Gasteiger partial charge in [-0.2, -0.15) is 0 Å². The topological polar surface area (TPSA) is 50.4 Å². The van der Waals surface area contributed by atoms with Crippen LogP contribution in [0.4, 0.5) is 5.69 Å². The normalized spacial score (nSPS) is 13.2. The predicted molar refractivity (Wildman–Crippen MR) is 98.4 cm³/mol. The summed E-state index contributed by atoms with van der Waals surface area (Å²) in [7, 11) is 1.66. The Kier molecular flexibility index (Phi) is 6.38. The molecule has 0 aliphatic carbocycles. The van der Waals surface area contributed by atoms with Gasteiger partial charge in [0.05, 0.1) is 13.2 Å². The van der Waals surface area contributed by atoms with E-state index in [-0.39, 0.29) is 18.0 Å². The molecule has 2 aromatic rings. The molecule has 0 saturated heterocycles. The molecule has 2 aromatic carbocycles. The highest BCUT2D eigenvalue weighted by atomic mass is 16.5. The number of carbonyl (C=O) groups excluding carboxylic acids is 1. The molecule has 0 heterocycles. The summed E-state index contributed by atoms with van der Waals surface area (Å²) in [5.41, 5.74) is 3.10. The van der Waals surface area contributed by atoms with Gasteiger partial charge in [-0.3, -0.25) is 10.1 Å². The third-order valence-electron chi connectivity index (χ3n) is 4.06. The Labute approximate surface area is 144 Å². The fourth-order valence-electron chi connectivity index (χ4n) is 2.64. The van der Waals surface area contributed by atoms with E-state index in [1.807, 2.05) is 62.4 Å². The Hall–Kier alpha value is -2.33. The first-order valence-electron chi connectivity index (χ1n) is 8.31. The van der Waals surface area contributed by atoms with Crippen LogP contribution in [0, 0.1) is 6.92 Å². The number of hydrogen-bond donors (Lipinski definition) is 2. The molecule has 128 valence electrons. The fourth-order valence-corrected chi connectivity index (χ4v) is 2.64. The van der Waals surface area contributed by atoms with E-state index in [1.165, 1.54) is 0 Å². The highest BCUT2D eigenvalue weighted by Gasteiger charge is 2.18. The second kappa shape index (κ2) is 8.50. The van der Waals surface area contributed by atoms with E-state index < -0.39 is 0 Å². The van der Waals surface area contributed by atoms with Gasteiger partial charge < -0.3 is 10.1 Å². The third-order valence-corrected chi connectivity index (χ3v) is 4.06. The molecule has 4 nitrogen and oxygen atoms in total. The minimum atomic E-state index is -0.294. The number of benzene rings is 2. The Morgan fingerprint density at radius 2 is 1.88 bits per heavy atom. The highest BCUT2D eigenvalue weighted by Crippen LogP contribution is 2.21. The zero-order chi connectivity index (χ0) is 17.5. The molecule has 0 spiro atoms. The number of carbonyl (C=O) groups is 1. The van der Waals surface area contributed by atoms with Gasteiger partial charge >= 0.3 is 0 Å². The lowest BCUT2D eigenvalue weighted by molar-refractivity contribution is -0.118. The van der Waals surface area contributed by atoms with Crippen molar-refractivity contribution in [1.29, 1.82) is 0 Å². The van der Waals surface area contributed by atoms with Crippen LogP contribution in [0.5, 0.6) is 5.75 Å². The van der Waals surface area contributed by atoms with Gasteiger partial charge in [0, 0.05) is 11.7 Å². The minimum absolute atomic E-state index is 0.0347. The molecule has 0 saturated carbocycles. The van der Waals surface area contributed by atoms with Gasteiger partial charge in [0.25, 0.3) is 0 Å². The fraction of sp³-hybridized carbons (Fsp3) is 0.350. The minimum Gasteiger partial charge on any atom is -0.497 e. The largest absolute Gasteiger partial charge is 0.497 e. The van der Waals surface area contributed by atoms with Crippen molar-refractivity contribution in [2.45, 2.75) is 39.3 Å². The highest BCUT2D eigenvalue weighted by molar-refractivity contribution is 5.94. The van der Waals surface area contributed by atoms with Crippen molar-refractivity contribution >= 4 is 11.6 Å². The van der Waals surface area contributed by atoms with E-state index in [4.69, 9.17) is 4.74 Å². The van der Waals surface area contributed by atoms with Crippen molar-refractivity contribution in [3.05, 3.63) is 59.7 Å². The van der Waals surface area contributed by atoms with Crippen molar-refractivity contribution in [3.63, 3.8) is 0 Å². The van der Waals surface area contributed by atoms with E-state index in [0.717, 1.165) is 29.0 Å². The lowest BCUT2D eigenvalue weighted by Gasteiger charge is -2.22. The molecule has 2 atom stereocenters. The van der Waals surface area contributed by atoms with Gasteiger partial charge in [0.15, 0.2) is 0 Å². The summed E-state index contributed by atoms with van der Waals surface area (Å²) < 4.78 is 5.19. The summed E-state index contributed by atoms with van der Waals surface area (Å²) in [6.45, 7) is 6.00. The number of methoxy groups -OCH3 is 1. The van der Waals surface area contributed by atoms with Crippen LogP contribution in [0.25, 0.3) is 0 Å². The maximum Gasteiger partial charge on any atom is 0.241 e. The predicted octanol–water partition coefficient (Wildman–Crippen LogP) is 4.07. The molecule has 0 fully saturated rings. The molecule has 0 bridgehead atoms. The first-order chi connectivity index (χ1) is 11.5. The first kappa shape index (κ1) is 18.0. The van der Waals surface area contributed by atoms with Crippen molar-refractivity contribution in [2.75, 3.05) is 12.4 Å². The number of anilines is 1. The maximum absolute atomic E-state index is 12.4. The average Bonchev–Trinajstić information content (AvgIpc) is 2.59. The molecular formula is C20H26N2O2. The van der Waals surface area contributed by atoms with E-state index in [1.54, 1.807) is 7.11 Å². The van der Waals surface area contributed by atoms with Crippen molar-refractivity contribution < 1.29 is 9.53 Å². The van der Waals surface area contributed by atoms with Crippen LogP contribution in [-0.2, 0) is 4.79 Å². The standard InChI is InChI=1S/C20H26N2O2/c1-5-19(16-9-11-18(24-4)12-10-16)21-15(3)20(23)22-17-8-6-7-14(2)13-17/h6-13,15,19,21H,5H2,1-4H3,(H,22,23)/t15-,19+/m1/s1. The van der Waals surface area contributed by atoms with Gasteiger partial charge in [-0.15, -0.1) is 0 Å². The van der Waals surface area contributed by atoms with E-state index in [2.05, 4.69) is 17.6 Å². The Morgan fingerprint density at radius 3 is 2.46 bits per heavy atom. The van der Waals surface area contributed by atoms with Gasteiger partial charge in [-0.1, -0.05) is 31.2 Å². The molecule has 4 heteroatoms. The van der Waals surface area contributed by atoms with Gasteiger partial charge in [0.2, 0.25) is 5.91 Å². The lowest BCUT2D eigenvalue weighted by atomic mass is 10.0. The first-order valence-corrected chi connectivity index (χ1v) is 8.31. The van der Waals surface area contributed by atoms with E-state index in [9.17, 15) is 4.79 Å². The molecular weight excluding hydrogens is 300 g/mol. The summed E-state index contributed by atoms with van der Waals surface area (Å²) in [6.07, 6.45) is 0.897. The SMILES string of the molecule is CC[C@H](N[C@H](C)C(=O)Nc1cccc(C)c1)c1ccc(OC)cc1. The van der Waals surface area contributed by atoms with Gasteiger partial charge in [-0.05, 0) is 55.7 Å². The van der Waals surface area contributed by atoms with Crippen LogP contribution < -0.4 is 15.4 Å². The van der Waals surface area contributed by atoms with Crippen LogP contribution in [0.15, 0.2) is 48.5 Å². The molecule has 0 unspecified atom stereocenters. The average molecular weight is 326 g/mol. The summed E-state index contributed by atoms with van der Waals surface area (Å²) in [6, 6.07) is 15.6. The number of rotatable bonds is 7. The third kappa shape index (κ3) is 4.83. The Bertz CT molecular complexity index is 668. The summed E-state index contributed by atoms with van der Waals surface area (Å²) >= 11 is 0. The number of nitrogens with one attached hydrogen (secondary N) is 2. The number of aryl methyl sites for hydroxylation is 1. The number of ether oxygens (including phenoxy) is 1. The van der Waals surface area contributed by atoms with Crippen LogP contribution in [-0.4, -0.2) is 19.1 Å². The molecule has 2 N–H and O–H groups in total. The molecule has 0 radical (unpaired) electrons. The molecule has 2 rings (SSSR count). The molecule has 0 aliphatic rings. The maximum atomic E-state index is 12.4. The van der Waals surface area contributed by atoms with Gasteiger partial charge in [-0.25, -0.2) is 0 Å². The van der Waals surface area contributed by atoms with Crippen molar-refractivity contribution in [3.8, 4) is 5.75 Å². The van der Waals surface area contributed by atoms with Crippen LogP contribution in [0.1, 0.15) is 37.4 Å². The number of hydrogen-bond acceptors (Lipinski definition) is 3.